The Labute approximate surface area is 134 Å². The van der Waals surface area contributed by atoms with Crippen LogP contribution in [0.2, 0.25) is 0 Å². The molecule has 6 nitrogen and oxygen atoms in total. The molecule has 6 heteroatoms. The second-order valence-corrected chi connectivity index (χ2v) is 6.95. The maximum absolute atomic E-state index is 12.2. The highest BCUT2D eigenvalue weighted by Gasteiger charge is 2.33. The molecule has 0 bridgehead atoms. The maximum Gasteiger partial charge on any atom is 0.231 e. The van der Waals surface area contributed by atoms with E-state index in [1.807, 2.05) is 29.1 Å². The largest absolute Gasteiger partial charge is 0.454 e. The van der Waals surface area contributed by atoms with Crippen molar-refractivity contribution in [1.82, 2.24) is 9.78 Å². The lowest BCUT2D eigenvalue weighted by Crippen LogP contribution is -2.30. The fourth-order valence-corrected chi connectivity index (χ4v) is 3.16. The predicted octanol–water partition coefficient (Wildman–Crippen LogP) is 2.84. The number of amides is 1. The van der Waals surface area contributed by atoms with Crippen LogP contribution >= 0.6 is 0 Å². The van der Waals surface area contributed by atoms with Crippen LogP contribution < -0.4 is 14.8 Å². The van der Waals surface area contributed by atoms with Gasteiger partial charge >= 0.3 is 0 Å². The third-order valence-electron chi connectivity index (χ3n) is 4.25. The van der Waals surface area contributed by atoms with Crippen molar-refractivity contribution in [1.29, 1.82) is 0 Å². The molecule has 1 N–H and O–H groups in total. The van der Waals surface area contributed by atoms with Gasteiger partial charge in [-0.2, -0.15) is 5.10 Å². The van der Waals surface area contributed by atoms with Crippen molar-refractivity contribution >= 4 is 11.7 Å². The summed E-state index contributed by atoms with van der Waals surface area (Å²) in [6, 6.07) is 5.86. The van der Waals surface area contributed by atoms with Crippen LogP contribution in [-0.4, -0.2) is 22.5 Å². The molecular formula is C17H19N3O3. The van der Waals surface area contributed by atoms with Crippen LogP contribution in [0.15, 0.2) is 24.4 Å². The highest BCUT2D eigenvalue weighted by atomic mass is 16.7. The molecule has 3 heterocycles. The van der Waals surface area contributed by atoms with Crippen LogP contribution in [0, 0.1) is 0 Å². The Morgan fingerprint density at radius 1 is 1.26 bits per heavy atom. The highest BCUT2D eigenvalue weighted by molar-refractivity contribution is 5.94. The van der Waals surface area contributed by atoms with Crippen molar-refractivity contribution in [2.24, 2.45) is 0 Å². The van der Waals surface area contributed by atoms with Gasteiger partial charge in [-0.3, -0.25) is 4.79 Å². The van der Waals surface area contributed by atoms with Gasteiger partial charge in [0.05, 0.1) is 11.7 Å². The van der Waals surface area contributed by atoms with Crippen LogP contribution in [0.3, 0.4) is 0 Å². The van der Waals surface area contributed by atoms with E-state index in [0.717, 1.165) is 28.4 Å². The first-order chi connectivity index (χ1) is 10.9. The van der Waals surface area contributed by atoms with E-state index in [9.17, 15) is 4.79 Å². The van der Waals surface area contributed by atoms with Crippen LogP contribution in [0.25, 0.3) is 0 Å². The molecule has 1 atom stereocenters. The van der Waals surface area contributed by atoms with Crippen LogP contribution in [-0.2, 0) is 10.3 Å². The number of nitrogens with zero attached hydrogens (tertiary/aromatic N) is 2. The van der Waals surface area contributed by atoms with Gasteiger partial charge in [-0.1, -0.05) is 6.07 Å². The Morgan fingerprint density at radius 3 is 2.83 bits per heavy atom. The third kappa shape index (κ3) is 2.25. The van der Waals surface area contributed by atoms with E-state index in [1.54, 1.807) is 0 Å². The number of rotatable bonds is 1. The number of benzene rings is 1. The molecular weight excluding hydrogens is 294 g/mol. The summed E-state index contributed by atoms with van der Waals surface area (Å²) in [7, 11) is 0. The Hall–Kier alpha value is -2.50. The molecule has 1 amide bonds. The SMILES string of the molecule is CC(C)(C)n1ncc2c1NC(=O)C[C@H]2c1ccc2c(c1)OCO2. The summed E-state index contributed by atoms with van der Waals surface area (Å²) in [5.74, 6) is 2.25. The number of ether oxygens (including phenoxy) is 2. The molecule has 0 unspecified atom stereocenters. The van der Waals surface area contributed by atoms with E-state index in [1.165, 1.54) is 0 Å². The first-order valence-electron chi connectivity index (χ1n) is 7.71. The molecule has 1 aromatic heterocycles. The molecule has 0 radical (unpaired) electrons. The number of anilines is 1. The molecule has 2 aliphatic heterocycles. The molecule has 2 aliphatic rings. The molecule has 120 valence electrons. The lowest BCUT2D eigenvalue weighted by molar-refractivity contribution is -0.116. The van der Waals surface area contributed by atoms with Crippen molar-refractivity contribution in [3.05, 3.63) is 35.5 Å². The second kappa shape index (κ2) is 4.75. The summed E-state index contributed by atoms with van der Waals surface area (Å²) in [5.41, 5.74) is 1.88. The molecule has 1 aromatic carbocycles. The minimum absolute atomic E-state index is 0.00571. The lowest BCUT2D eigenvalue weighted by Gasteiger charge is -2.28. The molecule has 0 aliphatic carbocycles. The van der Waals surface area contributed by atoms with Crippen molar-refractivity contribution in [3.63, 3.8) is 0 Å². The summed E-state index contributed by atoms with van der Waals surface area (Å²) >= 11 is 0. The number of aromatic nitrogens is 2. The van der Waals surface area contributed by atoms with Crippen molar-refractivity contribution < 1.29 is 14.3 Å². The lowest BCUT2D eigenvalue weighted by atomic mass is 9.87. The molecule has 4 rings (SSSR count). The topological polar surface area (TPSA) is 65.4 Å². The molecule has 0 fully saturated rings. The van der Waals surface area contributed by atoms with E-state index in [0.29, 0.717) is 6.42 Å². The molecule has 0 saturated carbocycles. The van der Waals surface area contributed by atoms with E-state index in [4.69, 9.17) is 9.47 Å². The molecule has 23 heavy (non-hydrogen) atoms. The van der Waals surface area contributed by atoms with Crippen LogP contribution in [0.1, 0.15) is 44.2 Å². The summed E-state index contributed by atoms with van der Waals surface area (Å²) in [5, 5.41) is 7.47. The molecule has 0 saturated heterocycles. The predicted molar refractivity (Wildman–Crippen MR) is 84.9 cm³/mol. The van der Waals surface area contributed by atoms with Gasteiger partial charge in [0.15, 0.2) is 11.5 Å². The average molecular weight is 313 g/mol. The number of hydrogen-bond donors (Lipinski definition) is 1. The number of nitrogens with one attached hydrogen (secondary N) is 1. The van der Waals surface area contributed by atoms with Gasteiger partial charge in [-0.15, -0.1) is 0 Å². The Kier molecular flexibility index (Phi) is 2.91. The minimum Gasteiger partial charge on any atom is -0.454 e. The summed E-state index contributed by atoms with van der Waals surface area (Å²) in [6.07, 6.45) is 2.26. The van der Waals surface area contributed by atoms with Crippen molar-refractivity contribution in [2.45, 2.75) is 38.6 Å². The third-order valence-corrected chi connectivity index (χ3v) is 4.25. The van der Waals surface area contributed by atoms with Gasteiger partial charge < -0.3 is 14.8 Å². The zero-order chi connectivity index (χ0) is 16.2. The number of carbonyl (C=O) groups is 1. The molecule has 0 spiro atoms. The Morgan fingerprint density at radius 2 is 2.04 bits per heavy atom. The van der Waals surface area contributed by atoms with E-state index >= 15 is 0 Å². The first kappa shape index (κ1) is 14.1. The van der Waals surface area contributed by atoms with Crippen molar-refractivity contribution in [2.75, 3.05) is 12.1 Å². The fraction of sp³-hybridized carbons (Fsp3) is 0.412. The van der Waals surface area contributed by atoms with Gasteiger partial charge in [-0.25, -0.2) is 4.68 Å². The van der Waals surface area contributed by atoms with Gasteiger partial charge in [0.2, 0.25) is 12.7 Å². The monoisotopic (exact) mass is 313 g/mol. The summed E-state index contributed by atoms with van der Waals surface area (Å²) < 4.78 is 12.7. The van der Waals surface area contributed by atoms with Gasteiger partial charge in [0.1, 0.15) is 5.82 Å². The smallest absolute Gasteiger partial charge is 0.231 e. The van der Waals surface area contributed by atoms with E-state index in [2.05, 4.69) is 31.2 Å². The normalized spacial score (nSPS) is 19.4. The molecule has 2 aromatic rings. The number of hydrogen-bond acceptors (Lipinski definition) is 4. The summed E-state index contributed by atoms with van der Waals surface area (Å²) in [4.78, 5) is 12.2. The minimum atomic E-state index is -0.197. The Bertz CT molecular complexity index is 789. The zero-order valence-electron chi connectivity index (χ0n) is 13.4. The van der Waals surface area contributed by atoms with Crippen LogP contribution in [0.5, 0.6) is 11.5 Å². The summed E-state index contributed by atoms with van der Waals surface area (Å²) in [6.45, 7) is 6.45. The van der Waals surface area contributed by atoms with E-state index < -0.39 is 0 Å². The average Bonchev–Trinajstić information content (AvgIpc) is 3.10. The van der Waals surface area contributed by atoms with Gasteiger partial charge in [0.25, 0.3) is 0 Å². The highest BCUT2D eigenvalue weighted by Crippen LogP contribution is 2.42. The number of carbonyl (C=O) groups excluding carboxylic acids is 1. The van der Waals surface area contributed by atoms with Gasteiger partial charge in [0, 0.05) is 17.9 Å². The first-order valence-corrected chi connectivity index (χ1v) is 7.71. The second-order valence-electron chi connectivity index (χ2n) is 6.95. The van der Waals surface area contributed by atoms with Gasteiger partial charge in [-0.05, 0) is 38.5 Å². The fourth-order valence-electron chi connectivity index (χ4n) is 3.16. The zero-order valence-corrected chi connectivity index (χ0v) is 13.4. The quantitative estimate of drug-likeness (QED) is 0.879. The standard InChI is InChI=1S/C17H19N3O3/c1-17(2,3)20-16-12(8-18-20)11(7-15(21)19-16)10-4-5-13-14(6-10)23-9-22-13/h4-6,8,11H,7,9H2,1-3H3,(H,19,21)/t11-/m0/s1. The number of fused-ring (bicyclic) bond motifs is 2. The van der Waals surface area contributed by atoms with Crippen LogP contribution in [0.4, 0.5) is 5.82 Å². The Balaban J connectivity index is 1.80. The van der Waals surface area contributed by atoms with E-state index in [-0.39, 0.29) is 24.2 Å². The maximum atomic E-state index is 12.2. The van der Waals surface area contributed by atoms with Crippen molar-refractivity contribution in [3.8, 4) is 11.5 Å².